The maximum atomic E-state index is 9.20. The van der Waals surface area contributed by atoms with E-state index in [1.54, 1.807) is 30.7 Å². The van der Waals surface area contributed by atoms with Gasteiger partial charge in [0, 0.05) is 22.7 Å². The number of aromatic nitrogens is 2. The number of pyridine rings is 2. The van der Waals surface area contributed by atoms with Crippen molar-refractivity contribution < 1.29 is 9.94 Å². The van der Waals surface area contributed by atoms with Gasteiger partial charge in [0.15, 0.2) is 0 Å². The van der Waals surface area contributed by atoms with Gasteiger partial charge in [-0.2, -0.15) is 0 Å². The van der Waals surface area contributed by atoms with Gasteiger partial charge in [-0.05, 0) is 18.2 Å². The van der Waals surface area contributed by atoms with Gasteiger partial charge in [-0.3, -0.25) is 10.2 Å². The lowest BCUT2D eigenvalue weighted by Gasteiger charge is -2.04. The Labute approximate surface area is 93.1 Å². The van der Waals surface area contributed by atoms with E-state index in [9.17, 15) is 5.21 Å². The molecule has 0 fully saturated rings. The molecule has 0 saturated heterocycles. The number of anilines is 2. The molecule has 0 aliphatic heterocycles. The van der Waals surface area contributed by atoms with Crippen molar-refractivity contribution in [1.29, 1.82) is 0 Å². The standard InChI is InChI=1S/C11H13N4O/c12-9-3-4-13-11(6-9)7-14-10-2-1-5-15(16)8-10/h1-6,8,14,16H,7H2,(H2,12,13)/q+1. The van der Waals surface area contributed by atoms with Crippen LogP contribution in [0.1, 0.15) is 5.69 Å². The van der Waals surface area contributed by atoms with Crippen LogP contribution in [-0.2, 0) is 6.54 Å². The van der Waals surface area contributed by atoms with Gasteiger partial charge in [0.2, 0.25) is 12.4 Å². The molecule has 4 N–H and O–H groups in total. The molecule has 2 heterocycles. The molecule has 0 bridgehead atoms. The Bertz CT molecular complexity index is 441. The van der Waals surface area contributed by atoms with Crippen molar-refractivity contribution in [2.45, 2.75) is 6.54 Å². The molecule has 16 heavy (non-hydrogen) atoms. The summed E-state index contributed by atoms with van der Waals surface area (Å²) in [5.74, 6) is 0. The molecule has 2 aromatic heterocycles. The Kier molecular flexibility index (Phi) is 2.86. The van der Waals surface area contributed by atoms with Crippen molar-refractivity contribution in [2.24, 2.45) is 0 Å². The zero-order chi connectivity index (χ0) is 11.4. The molecule has 0 radical (unpaired) electrons. The number of rotatable bonds is 3. The number of hydrogen-bond acceptors (Lipinski definition) is 4. The second-order valence-electron chi connectivity index (χ2n) is 3.41. The third-order valence-electron chi connectivity index (χ3n) is 2.10. The molecule has 0 unspecified atom stereocenters. The van der Waals surface area contributed by atoms with Crippen molar-refractivity contribution in [3.8, 4) is 0 Å². The molecule has 0 spiro atoms. The molecular weight excluding hydrogens is 204 g/mol. The summed E-state index contributed by atoms with van der Waals surface area (Å²) in [7, 11) is 0. The second kappa shape index (κ2) is 4.48. The zero-order valence-corrected chi connectivity index (χ0v) is 8.67. The molecular formula is C11H13N4O+. The topological polar surface area (TPSA) is 75.0 Å². The average Bonchev–Trinajstić information content (AvgIpc) is 2.27. The lowest BCUT2D eigenvalue weighted by Crippen LogP contribution is -2.28. The van der Waals surface area contributed by atoms with E-state index in [4.69, 9.17) is 5.73 Å². The summed E-state index contributed by atoms with van der Waals surface area (Å²) in [5.41, 5.74) is 8.00. The van der Waals surface area contributed by atoms with E-state index in [2.05, 4.69) is 10.3 Å². The monoisotopic (exact) mass is 217 g/mol. The molecule has 0 saturated carbocycles. The van der Waals surface area contributed by atoms with E-state index in [0.29, 0.717) is 12.2 Å². The van der Waals surface area contributed by atoms with Gasteiger partial charge < -0.3 is 11.1 Å². The minimum Gasteiger partial charge on any atom is -0.399 e. The maximum Gasteiger partial charge on any atom is 0.245 e. The van der Waals surface area contributed by atoms with Crippen LogP contribution in [0, 0.1) is 0 Å². The summed E-state index contributed by atoms with van der Waals surface area (Å²) in [6.45, 7) is 0.565. The highest BCUT2D eigenvalue weighted by Gasteiger charge is 2.00. The highest BCUT2D eigenvalue weighted by molar-refractivity contribution is 5.41. The number of nitrogen functional groups attached to an aromatic ring is 1. The highest BCUT2D eigenvalue weighted by atomic mass is 16.5. The van der Waals surface area contributed by atoms with Crippen LogP contribution in [0.2, 0.25) is 0 Å². The summed E-state index contributed by atoms with van der Waals surface area (Å²) < 4.78 is 0.995. The van der Waals surface area contributed by atoms with Gasteiger partial charge >= 0.3 is 0 Å². The Balaban J connectivity index is 2.02. The predicted molar refractivity (Wildman–Crippen MR) is 59.8 cm³/mol. The summed E-state index contributed by atoms with van der Waals surface area (Å²) in [5, 5.41) is 12.3. The molecule has 5 nitrogen and oxygen atoms in total. The predicted octanol–water partition coefficient (Wildman–Crippen LogP) is 0.801. The van der Waals surface area contributed by atoms with Crippen molar-refractivity contribution in [3.05, 3.63) is 48.5 Å². The number of nitrogens with two attached hydrogens (primary N) is 1. The SMILES string of the molecule is Nc1ccnc(CNc2ccc[n+](O)c2)c1. The third-order valence-corrected chi connectivity index (χ3v) is 2.10. The van der Waals surface area contributed by atoms with Crippen molar-refractivity contribution >= 4 is 11.4 Å². The lowest BCUT2D eigenvalue weighted by atomic mass is 10.3. The minimum atomic E-state index is 0.565. The Morgan fingerprint density at radius 3 is 3.06 bits per heavy atom. The second-order valence-corrected chi connectivity index (χ2v) is 3.41. The quantitative estimate of drug-likeness (QED) is 0.525. The molecule has 0 aliphatic carbocycles. The van der Waals surface area contributed by atoms with Crippen LogP contribution in [0.4, 0.5) is 11.4 Å². The number of nitrogens with zero attached hydrogens (tertiary/aromatic N) is 2. The van der Waals surface area contributed by atoms with Crippen LogP contribution in [0.25, 0.3) is 0 Å². The smallest absolute Gasteiger partial charge is 0.245 e. The molecule has 0 amide bonds. The van der Waals surface area contributed by atoms with Gasteiger partial charge in [-0.25, -0.2) is 0 Å². The number of hydrogen-bond donors (Lipinski definition) is 3. The largest absolute Gasteiger partial charge is 0.399 e. The lowest BCUT2D eigenvalue weighted by molar-refractivity contribution is -0.904. The summed E-state index contributed by atoms with van der Waals surface area (Å²) in [6.07, 6.45) is 4.79. The van der Waals surface area contributed by atoms with E-state index < -0.39 is 0 Å². The summed E-state index contributed by atoms with van der Waals surface area (Å²) in [6, 6.07) is 7.16. The first kappa shape index (κ1) is 10.2. The van der Waals surface area contributed by atoms with Gasteiger partial charge in [-0.1, -0.05) is 0 Å². The fourth-order valence-electron chi connectivity index (χ4n) is 1.35. The molecule has 0 atom stereocenters. The molecule has 0 aliphatic rings. The number of nitrogens with one attached hydrogen (secondary N) is 1. The normalized spacial score (nSPS) is 10.0. The molecule has 82 valence electrons. The Hall–Kier alpha value is -2.30. The van der Waals surface area contributed by atoms with Gasteiger partial charge in [0.1, 0.15) is 5.69 Å². The van der Waals surface area contributed by atoms with Gasteiger partial charge in [-0.15, -0.1) is 0 Å². The molecule has 0 aromatic carbocycles. The maximum absolute atomic E-state index is 9.20. The van der Waals surface area contributed by atoms with Gasteiger partial charge in [0.05, 0.1) is 12.2 Å². The van der Waals surface area contributed by atoms with E-state index >= 15 is 0 Å². The first-order valence-corrected chi connectivity index (χ1v) is 4.89. The Morgan fingerprint density at radius 2 is 2.31 bits per heavy atom. The van der Waals surface area contributed by atoms with Gasteiger partial charge in [0.25, 0.3) is 0 Å². The van der Waals surface area contributed by atoms with Crippen LogP contribution in [-0.4, -0.2) is 10.2 Å². The van der Waals surface area contributed by atoms with E-state index in [-0.39, 0.29) is 0 Å². The van der Waals surface area contributed by atoms with E-state index in [1.165, 1.54) is 0 Å². The zero-order valence-electron chi connectivity index (χ0n) is 8.67. The minimum absolute atomic E-state index is 0.565. The molecule has 2 rings (SSSR count). The molecule has 5 heteroatoms. The Morgan fingerprint density at radius 1 is 1.44 bits per heavy atom. The van der Waals surface area contributed by atoms with Crippen LogP contribution >= 0.6 is 0 Å². The molecule has 2 aromatic rings. The van der Waals surface area contributed by atoms with Crippen LogP contribution in [0.15, 0.2) is 42.9 Å². The fourth-order valence-corrected chi connectivity index (χ4v) is 1.35. The average molecular weight is 217 g/mol. The summed E-state index contributed by atoms with van der Waals surface area (Å²) in [4.78, 5) is 4.17. The van der Waals surface area contributed by atoms with Crippen molar-refractivity contribution in [1.82, 2.24) is 4.98 Å². The first-order chi connectivity index (χ1) is 7.74. The van der Waals surface area contributed by atoms with Crippen LogP contribution in [0.3, 0.4) is 0 Å². The van der Waals surface area contributed by atoms with E-state index in [1.807, 2.05) is 12.1 Å². The highest BCUT2D eigenvalue weighted by Crippen LogP contribution is 2.07. The van der Waals surface area contributed by atoms with Crippen molar-refractivity contribution in [2.75, 3.05) is 11.1 Å². The fraction of sp³-hybridized carbons (Fsp3) is 0.0909. The first-order valence-electron chi connectivity index (χ1n) is 4.89. The third kappa shape index (κ3) is 2.60. The van der Waals surface area contributed by atoms with Crippen molar-refractivity contribution in [3.63, 3.8) is 0 Å². The van der Waals surface area contributed by atoms with Crippen LogP contribution in [0.5, 0.6) is 0 Å². The van der Waals surface area contributed by atoms with E-state index in [0.717, 1.165) is 16.1 Å². The summed E-state index contributed by atoms with van der Waals surface area (Å²) >= 11 is 0. The van der Waals surface area contributed by atoms with Crippen LogP contribution < -0.4 is 15.8 Å².